The van der Waals surface area contributed by atoms with Gasteiger partial charge in [-0.25, -0.2) is 0 Å². The number of amides is 2. The number of benzene rings is 1. The molecule has 2 amide bonds. The largest absolute Gasteiger partial charge is 0.381 e. The molecule has 0 saturated carbocycles. The van der Waals surface area contributed by atoms with Gasteiger partial charge < -0.3 is 14.5 Å². The van der Waals surface area contributed by atoms with Crippen molar-refractivity contribution in [1.29, 1.82) is 0 Å². The van der Waals surface area contributed by atoms with E-state index in [1.54, 1.807) is 13.2 Å². The average Bonchev–Trinajstić information content (AvgIpc) is 2.72. The van der Waals surface area contributed by atoms with Crippen molar-refractivity contribution < 1.29 is 14.3 Å². The Balaban J connectivity index is 1.46. The van der Waals surface area contributed by atoms with Crippen molar-refractivity contribution in [2.75, 3.05) is 33.3 Å². The van der Waals surface area contributed by atoms with Gasteiger partial charge in [0.05, 0.1) is 6.10 Å². The van der Waals surface area contributed by atoms with Crippen LogP contribution in [0.5, 0.6) is 0 Å². The lowest BCUT2D eigenvalue weighted by molar-refractivity contribution is -0.141. The summed E-state index contributed by atoms with van der Waals surface area (Å²) in [5.74, 6) is 0.336. The first kappa shape index (κ1) is 18.6. The third kappa shape index (κ3) is 4.73. The van der Waals surface area contributed by atoms with E-state index in [0.29, 0.717) is 13.1 Å². The molecule has 2 saturated heterocycles. The minimum atomic E-state index is 0.0284. The van der Waals surface area contributed by atoms with E-state index in [1.807, 2.05) is 46.2 Å². The molecule has 0 radical (unpaired) electrons. The zero-order valence-electron chi connectivity index (χ0n) is 15.5. The molecule has 5 heteroatoms. The van der Waals surface area contributed by atoms with Crippen LogP contribution in [-0.2, 0) is 14.3 Å². The molecule has 0 atom stereocenters. The van der Waals surface area contributed by atoms with Crippen LogP contribution in [0.25, 0.3) is 6.08 Å². The Morgan fingerprint density at radius 1 is 0.962 bits per heavy atom. The Bertz CT molecular complexity index is 628. The lowest BCUT2D eigenvalue weighted by atomic mass is 9.94. The van der Waals surface area contributed by atoms with Crippen LogP contribution in [0.2, 0.25) is 0 Å². The number of carbonyl (C=O) groups excluding carboxylic acids is 2. The number of rotatable bonds is 4. The number of hydrogen-bond donors (Lipinski definition) is 0. The molecule has 1 aromatic carbocycles. The topological polar surface area (TPSA) is 49.9 Å². The molecule has 0 N–H and O–H groups in total. The summed E-state index contributed by atoms with van der Waals surface area (Å²) in [5, 5.41) is 0. The lowest BCUT2D eigenvalue weighted by Gasteiger charge is -2.36. The molecule has 5 nitrogen and oxygen atoms in total. The highest BCUT2D eigenvalue weighted by Gasteiger charge is 2.31. The van der Waals surface area contributed by atoms with Gasteiger partial charge in [0.25, 0.3) is 0 Å². The molecule has 2 fully saturated rings. The van der Waals surface area contributed by atoms with E-state index >= 15 is 0 Å². The minimum Gasteiger partial charge on any atom is -0.381 e. The molecule has 0 aliphatic carbocycles. The molecule has 2 aliphatic rings. The van der Waals surface area contributed by atoms with Crippen LogP contribution < -0.4 is 0 Å². The van der Waals surface area contributed by atoms with Crippen molar-refractivity contribution in [2.45, 2.75) is 31.8 Å². The highest BCUT2D eigenvalue weighted by molar-refractivity contribution is 5.92. The summed E-state index contributed by atoms with van der Waals surface area (Å²) >= 11 is 0. The highest BCUT2D eigenvalue weighted by Crippen LogP contribution is 2.23. The van der Waals surface area contributed by atoms with Crippen molar-refractivity contribution in [2.24, 2.45) is 5.92 Å². The smallest absolute Gasteiger partial charge is 0.246 e. The Morgan fingerprint density at radius 2 is 1.58 bits per heavy atom. The van der Waals surface area contributed by atoms with E-state index in [-0.39, 0.29) is 23.8 Å². The Labute approximate surface area is 155 Å². The second-order valence-electron chi connectivity index (χ2n) is 7.10. The monoisotopic (exact) mass is 356 g/mol. The van der Waals surface area contributed by atoms with Crippen LogP contribution >= 0.6 is 0 Å². The van der Waals surface area contributed by atoms with Gasteiger partial charge in [-0.05, 0) is 37.3 Å². The second kappa shape index (κ2) is 8.99. The molecule has 0 unspecified atom stereocenters. The van der Waals surface area contributed by atoms with Crippen molar-refractivity contribution in [3.8, 4) is 0 Å². The molecule has 0 bridgehead atoms. The number of hydrogen-bond acceptors (Lipinski definition) is 3. The van der Waals surface area contributed by atoms with Crippen molar-refractivity contribution >= 4 is 17.9 Å². The van der Waals surface area contributed by atoms with Gasteiger partial charge in [-0.2, -0.15) is 0 Å². The van der Waals surface area contributed by atoms with Crippen molar-refractivity contribution in [1.82, 2.24) is 9.80 Å². The predicted molar refractivity (Wildman–Crippen MR) is 101 cm³/mol. The first-order chi connectivity index (χ1) is 12.7. The number of piperidine rings is 2. The van der Waals surface area contributed by atoms with Gasteiger partial charge in [-0.15, -0.1) is 0 Å². The standard InChI is InChI=1S/C21H28N2O3/c1-26-19-11-15-23(16-12-19)21(25)18-9-13-22(14-10-18)20(24)8-7-17-5-3-2-4-6-17/h2-8,18-19H,9-16H2,1H3/b8-7+. The number of carbonyl (C=O) groups is 2. The van der Waals surface area contributed by atoms with E-state index < -0.39 is 0 Å². The fraction of sp³-hybridized carbons (Fsp3) is 0.524. The molecule has 2 heterocycles. The van der Waals surface area contributed by atoms with Gasteiger partial charge in [0.1, 0.15) is 0 Å². The zero-order chi connectivity index (χ0) is 18.4. The summed E-state index contributed by atoms with van der Waals surface area (Å²) in [7, 11) is 1.74. The molecule has 2 aliphatic heterocycles. The van der Waals surface area contributed by atoms with Crippen LogP contribution in [0.3, 0.4) is 0 Å². The van der Waals surface area contributed by atoms with Crippen LogP contribution in [0, 0.1) is 5.92 Å². The quantitative estimate of drug-likeness (QED) is 0.779. The number of methoxy groups -OCH3 is 1. The van der Waals surface area contributed by atoms with Gasteiger partial charge in [-0.1, -0.05) is 30.3 Å². The van der Waals surface area contributed by atoms with Crippen LogP contribution in [0.4, 0.5) is 0 Å². The summed E-state index contributed by atoms with van der Waals surface area (Å²) in [6.45, 7) is 2.89. The first-order valence-electron chi connectivity index (χ1n) is 9.51. The van der Waals surface area contributed by atoms with E-state index in [9.17, 15) is 9.59 Å². The average molecular weight is 356 g/mol. The maximum Gasteiger partial charge on any atom is 0.246 e. The molecular weight excluding hydrogens is 328 g/mol. The van der Waals surface area contributed by atoms with Gasteiger partial charge in [0, 0.05) is 45.3 Å². The maximum absolute atomic E-state index is 12.7. The van der Waals surface area contributed by atoms with Gasteiger partial charge in [-0.3, -0.25) is 9.59 Å². The third-order valence-electron chi connectivity index (χ3n) is 5.46. The van der Waals surface area contributed by atoms with E-state index in [0.717, 1.165) is 44.3 Å². The van der Waals surface area contributed by atoms with Gasteiger partial charge >= 0.3 is 0 Å². The molecule has 1 aromatic rings. The molecule has 0 spiro atoms. The SMILES string of the molecule is COC1CCN(C(=O)C2CCN(C(=O)/C=C/c3ccccc3)CC2)CC1. The Hall–Kier alpha value is -2.14. The zero-order valence-corrected chi connectivity index (χ0v) is 15.5. The van der Waals surface area contributed by atoms with Crippen molar-refractivity contribution in [3.63, 3.8) is 0 Å². The van der Waals surface area contributed by atoms with E-state index in [4.69, 9.17) is 4.74 Å². The molecule has 0 aromatic heterocycles. The Morgan fingerprint density at radius 3 is 2.19 bits per heavy atom. The summed E-state index contributed by atoms with van der Waals surface area (Å²) in [6.07, 6.45) is 7.12. The normalized spacial score (nSPS) is 19.9. The molecule has 26 heavy (non-hydrogen) atoms. The maximum atomic E-state index is 12.7. The molecule has 140 valence electrons. The van der Waals surface area contributed by atoms with Crippen LogP contribution in [0.15, 0.2) is 36.4 Å². The molecule has 3 rings (SSSR count). The summed E-state index contributed by atoms with van der Waals surface area (Å²) < 4.78 is 5.37. The van der Waals surface area contributed by atoms with Gasteiger partial charge in [0.2, 0.25) is 11.8 Å². The highest BCUT2D eigenvalue weighted by atomic mass is 16.5. The van der Waals surface area contributed by atoms with Crippen LogP contribution in [-0.4, -0.2) is 61.0 Å². The molecular formula is C21H28N2O3. The minimum absolute atomic E-state index is 0.0284. The number of ether oxygens (including phenoxy) is 1. The van der Waals surface area contributed by atoms with E-state index in [1.165, 1.54) is 0 Å². The fourth-order valence-electron chi connectivity index (χ4n) is 3.75. The summed E-state index contributed by atoms with van der Waals surface area (Å²) in [5.41, 5.74) is 1.02. The first-order valence-corrected chi connectivity index (χ1v) is 9.51. The summed E-state index contributed by atoms with van der Waals surface area (Å²) in [6, 6.07) is 9.81. The Kier molecular flexibility index (Phi) is 6.45. The van der Waals surface area contributed by atoms with E-state index in [2.05, 4.69) is 0 Å². The van der Waals surface area contributed by atoms with Gasteiger partial charge in [0.15, 0.2) is 0 Å². The summed E-state index contributed by atoms with van der Waals surface area (Å²) in [4.78, 5) is 28.9. The van der Waals surface area contributed by atoms with Crippen molar-refractivity contribution in [3.05, 3.63) is 42.0 Å². The number of nitrogens with zero attached hydrogens (tertiary/aromatic N) is 2. The third-order valence-corrected chi connectivity index (χ3v) is 5.46. The second-order valence-corrected chi connectivity index (χ2v) is 7.10. The lowest BCUT2D eigenvalue weighted by Crippen LogP contribution is -2.47. The fourth-order valence-corrected chi connectivity index (χ4v) is 3.75. The predicted octanol–water partition coefficient (Wildman–Crippen LogP) is 2.58. The van der Waals surface area contributed by atoms with Crippen LogP contribution in [0.1, 0.15) is 31.2 Å². The number of likely N-dealkylation sites (tertiary alicyclic amines) is 2.